The first-order chi connectivity index (χ1) is 14.4. The number of nitrogens with one attached hydrogen (secondary N) is 1. The molecule has 0 unspecified atom stereocenters. The maximum atomic E-state index is 12.7. The number of carbonyl (C=O) groups excluding carboxylic acids is 3. The maximum absolute atomic E-state index is 12.7. The lowest BCUT2D eigenvalue weighted by molar-refractivity contribution is -0.127. The molecular formula is C21H19BrN2O5S. The lowest BCUT2D eigenvalue weighted by atomic mass is 10.1. The van der Waals surface area contributed by atoms with Crippen LogP contribution in [0.1, 0.15) is 12.5 Å². The van der Waals surface area contributed by atoms with Crippen LogP contribution in [0.4, 0.5) is 10.5 Å². The van der Waals surface area contributed by atoms with E-state index in [9.17, 15) is 14.4 Å². The Kier molecular flexibility index (Phi) is 7.17. The van der Waals surface area contributed by atoms with Crippen LogP contribution in [0.3, 0.4) is 0 Å². The number of amides is 3. The molecule has 3 amide bonds. The molecule has 1 aliphatic heterocycles. The summed E-state index contributed by atoms with van der Waals surface area (Å²) in [5, 5.41) is 2.17. The molecule has 156 valence electrons. The molecule has 1 fully saturated rings. The SMILES string of the molecule is CCOc1c(/C=C2/SC(=O)N(CC(=O)Nc3ccc(Br)cc3)C2=O)cccc1OC. The molecular weight excluding hydrogens is 472 g/mol. The third-order valence-electron chi connectivity index (χ3n) is 4.11. The number of nitrogens with zero attached hydrogens (tertiary/aromatic N) is 1. The summed E-state index contributed by atoms with van der Waals surface area (Å²) in [4.78, 5) is 38.5. The Balaban J connectivity index is 1.76. The number of hydrogen-bond donors (Lipinski definition) is 1. The molecule has 0 aromatic heterocycles. The average Bonchev–Trinajstić information content (AvgIpc) is 2.98. The predicted molar refractivity (Wildman–Crippen MR) is 120 cm³/mol. The normalized spacial score (nSPS) is 14.9. The van der Waals surface area contributed by atoms with Crippen LogP contribution in [0.2, 0.25) is 0 Å². The van der Waals surface area contributed by atoms with Crippen LogP contribution in [0.25, 0.3) is 6.08 Å². The van der Waals surface area contributed by atoms with Gasteiger partial charge < -0.3 is 14.8 Å². The number of methoxy groups -OCH3 is 1. The van der Waals surface area contributed by atoms with Crippen molar-refractivity contribution in [2.75, 3.05) is 25.6 Å². The smallest absolute Gasteiger partial charge is 0.294 e. The van der Waals surface area contributed by atoms with Gasteiger partial charge >= 0.3 is 0 Å². The highest BCUT2D eigenvalue weighted by Crippen LogP contribution is 2.37. The van der Waals surface area contributed by atoms with Gasteiger partial charge in [-0.25, -0.2) is 0 Å². The zero-order valence-electron chi connectivity index (χ0n) is 16.3. The lowest BCUT2D eigenvalue weighted by Crippen LogP contribution is -2.36. The number of carbonyl (C=O) groups is 3. The zero-order chi connectivity index (χ0) is 21.7. The van der Waals surface area contributed by atoms with E-state index in [1.807, 2.05) is 6.92 Å². The third-order valence-corrected chi connectivity index (χ3v) is 5.54. The standard InChI is InChI=1S/C21H19BrN2O5S/c1-3-29-19-13(5-4-6-16(19)28-2)11-17-20(26)24(21(27)30-17)12-18(25)23-15-9-7-14(22)8-10-15/h4-11H,3,12H2,1-2H3,(H,23,25)/b17-11+. The second kappa shape index (κ2) is 9.82. The summed E-state index contributed by atoms with van der Waals surface area (Å²) in [5.74, 6) is 0.0273. The molecule has 0 radical (unpaired) electrons. The Morgan fingerprint density at radius 1 is 1.20 bits per heavy atom. The van der Waals surface area contributed by atoms with Gasteiger partial charge in [0.15, 0.2) is 11.5 Å². The molecule has 0 saturated carbocycles. The predicted octanol–water partition coefficient (Wildman–Crippen LogP) is 4.53. The molecule has 3 rings (SSSR count). The van der Waals surface area contributed by atoms with Crippen LogP contribution in [0.15, 0.2) is 51.8 Å². The van der Waals surface area contributed by atoms with E-state index >= 15 is 0 Å². The number of rotatable bonds is 7. The Labute approximate surface area is 186 Å². The molecule has 1 heterocycles. The van der Waals surface area contributed by atoms with Crippen molar-refractivity contribution in [2.24, 2.45) is 0 Å². The monoisotopic (exact) mass is 490 g/mol. The van der Waals surface area contributed by atoms with Gasteiger partial charge in [-0.05, 0) is 55.1 Å². The number of halogens is 1. The van der Waals surface area contributed by atoms with Crippen LogP contribution in [-0.4, -0.2) is 42.2 Å². The van der Waals surface area contributed by atoms with Gasteiger partial charge in [0.05, 0.1) is 18.6 Å². The first-order valence-electron chi connectivity index (χ1n) is 9.03. The van der Waals surface area contributed by atoms with Gasteiger partial charge in [0, 0.05) is 15.7 Å². The molecule has 1 saturated heterocycles. The average molecular weight is 491 g/mol. The first-order valence-corrected chi connectivity index (χ1v) is 10.6. The molecule has 2 aromatic carbocycles. The van der Waals surface area contributed by atoms with E-state index in [0.717, 1.165) is 21.1 Å². The molecule has 1 aliphatic rings. The topological polar surface area (TPSA) is 84.9 Å². The Bertz CT molecular complexity index is 1010. The molecule has 9 heteroatoms. The highest BCUT2D eigenvalue weighted by atomic mass is 79.9. The van der Waals surface area contributed by atoms with E-state index in [1.54, 1.807) is 48.5 Å². The number of ether oxygens (including phenoxy) is 2. The fraction of sp³-hybridized carbons (Fsp3) is 0.190. The van der Waals surface area contributed by atoms with Gasteiger partial charge in [-0.2, -0.15) is 0 Å². The molecule has 0 spiro atoms. The number of hydrogen-bond acceptors (Lipinski definition) is 6. The maximum Gasteiger partial charge on any atom is 0.294 e. The highest BCUT2D eigenvalue weighted by molar-refractivity contribution is 9.10. The fourth-order valence-corrected chi connectivity index (χ4v) is 3.85. The van der Waals surface area contributed by atoms with Crippen molar-refractivity contribution in [1.82, 2.24) is 4.90 Å². The van der Waals surface area contributed by atoms with E-state index in [0.29, 0.717) is 29.4 Å². The summed E-state index contributed by atoms with van der Waals surface area (Å²) in [6.45, 7) is 1.89. The largest absolute Gasteiger partial charge is 0.493 e. The van der Waals surface area contributed by atoms with Crippen LogP contribution < -0.4 is 14.8 Å². The fourth-order valence-electron chi connectivity index (χ4n) is 2.76. The minimum atomic E-state index is -0.527. The van der Waals surface area contributed by atoms with Crippen molar-refractivity contribution in [3.05, 3.63) is 57.4 Å². The number of benzene rings is 2. The van der Waals surface area contributed by atoms with Crippen molar-refractivity contribution in [2.45, 2.75) is 6.92 Å². The minimum absolute atomic E-state index is 0.214. The summed E-state index contributed by atoms with van der Waals surface area (Å²) in [6, 6.07) is 12.3. The summed E-state index contributed by atoms with van der Waals surface area (Å²) < 4.78 is 11.8. The number of anilines is 1. The van der Waals surface area contributed by atoms with Crippen molar-refractivity contribution in [1.29, 1.82) is 0 Å². The number of thioether (sulfide) groups is 1. The number of para-hydroxylation sites is 1. The Hall–Kier alpha value is -2.78. The second-order valence-corrected chi connectivity index (χ2v) is 8.04. The molecule has 30 heavy (non-hydrogen) atoms. The lowest BCUT2D eigenvalue weighted by Gasteiger charge is -2.13. The summed E-state index contributed by atoms with van der Waals surface area (Å²) >= 11 is 4.10. The van der Waals surface area contributed by atoms with Crippen molar-refractivity contribution in [3.63, 3.8) is 0 Å². The summed E-state index contributed by atoms with van der Waals surface area (Å²) in [7, 11) is 1.53. The van der Waals surface area contributed by atoms with Gasteiger partial charge in [-0.3, -0.25) is 19.3 Å². The minimum Gasteiger partial charge on any atom is -0.493 e. The summed E-state index contributed by atoms with van der Waals surface area (Å²) in [5.41, 5.74) is 1.18. The van der Waals surface area contributed by atoms with Gasteiger partial charge in [-0.1, -0.05) is 28.1 Å². The van der Waals surface area contributed by atoms with Crippen molar-refractivity contribution in [3.8, 4) is 11.5 Å². The Morgan fingerprint density at radius 2 is 1.93 bits per heavy atom. The molecule has 1 N–H and O–H groups in total. The first kappa shape index (κ1) is 21.9. The van der Waals surface area contributed by atoms with Gasteiger partial charge in [0.1, 0.15) is 6.54 Å². The van der Waals surface area contributed by atoms with Crippen molar-refractivity contribution >= 4 is 56.5 Å². The zero-order valence-corrected chi connectivity index (χ0v) is 18.7. The van der Waals surface area contributed by atoms with E-state index in [1.165, 1.54) is 7.11 Å². The summed E-state index contributed by atoms with van der Waals surface area (Å²) in [6.07, 6.45) is 1.57. The molecule has 0 bridgehead atoms. The van der Waals surface area contributed by atoms with Gasteiger partial charge in [-0.15, -0.1) is 0 Å². The van der Waals surface area contributed by atoms with E-state index in [4.69, 9.17) is 9.47 Å². The molecule has 0 aliphatic carbocycles. The van der Waals surface area contributed by atoms with E-state index in [-0.39, 0.29) is 11.4 Å². The molecule has 7 nitrogen and oxygen atoms in total. The third kappa shape index (κ3) is 5.03. The number of imide groups is 1. The van der Waals surface area contributed by atoms with Gasteiger partial charge in [0.25, 0.3) is 11.1 Å². The van der Waals surface area contributed by atoms with E-state index in [2.05, 4.69) is 21.2 Å². The highest BCUT2D eigenvalue weighted by Gasteiger charge is 2.36. The van der Waals surface area contributed by atoms with Crippen molar-refractivity contribution < 1.29 is 23.9 Å². The second-order valence-electron chi connectivity index (χ2n) is 6.13. The van der Waals surface area contributed by atoms with Crippen LogP contribution in [0.5, 0.6) is 11.5 Å². The van der Waals surface area contributed by atoms with Crippen LogP contribution in [0, 0.1) is 0 Å². The Morgan fingerprint density at radius 3 is 2.60 bits per heavy atom. The molecule has 0 atom stereocenters. The quantitative estimate of drug-likeness (QED) is 0.573. The van der Waals surface area contributed by atoms with Crippen LogP contribution >= 0.6 is 27.7 Å². The van der Waals surface area contributed by atoms with Gasteiger partial charge in [0.2, 0.25) is 5.91 Å². The molecule has 2 aromatic rings. The van der Waals surface area contributed by atoms with Crippen LogP contribution in [-0.2, 0) is 9.59 Å². The van der Waals surface area contributed by atoms with E-state index < -0.39 is 17.1 Å².